The highest BCUT2D eigenvalue weighted by Gasteiger charge is 2.31. The van der Waals surface area contributed by atoms with Crippen molar-refractivity contribution in [2.75, 3.05) is 15.9 Å². The standard InChI is InChI=1S/C18H21N3O5S/c1-4-17(18(22)19-14-8-6-10-16(12-14)21(23)24)20(27(3,25)26)15-9-5-7-13(2)11-15/h5-12,17H,4H2,1-3H3,(H,19,22)/t17-/m0/s1. The minimum atomic E-state index is -3.74. The predicted octanol–water partition coefficient (Wildman–Crippen LogP) is 3.09. The summed E-state index contributed by atoms with van der Waals surface area (Å²) in [6, 6.07) is 11.3. The number of carbonyl (C=O) groups is 1. The van der Waals surface area contributed by atoms with E-state index in [0.29, 0.717) is 5.69 Å². The van der Waals surface area contributed by atoms with E-state index in [0.717, 1.165) is 16.1 Å². The van der Waals surface area contributed by atoms with Gasteiger partial charge in [0.2, 0.25) is 15.9 Å². The highest BCUT2D eigenvalue weighted by Crippen LogP contribution is 2.25. The molecule has 0 radical (unpaired) electrons. The van der Waals surface area contributed by atoms with Gasteiger partial charge in [0.1, 0.15) is 6.04 Å². The maximum Gasteiger partial charge on any atom is 0.271 e. The second-order valence-corrected chi connectivity index (χ2v) is 7.98. The van der Waals surface area contributed by atoms with E-state index in [2.05, 4.69) is 5.32 Å². The first kappa shape index (κ1) is 20.4. The molecule has 8 nitrogen and oxygen atoms in total. The maximum atomic E-state index is 12.8. The van der Waals surface area contributed by atoms with Crippen molar-refractivity contribution in [2.45, 2.75) is 26.3 Å². The monoisotopic (exact) mass is 391 g/mol. The number of hydrogen-bond donors (Lipinski definition) is 1. The van der Waals surface area contributed by atoms with Crippen molar-refractivity contribution in [1.82, 2.24) is 0 Å². The van der Waals surface area contributed by atoms with Crippen LogP contribution in [0.5, 0.6) is 0 Å². The average Bonchev–Trinajstić information content (AvgIpc) is 2.58. The second-order valence-electron chi connectivity index (χ2n) is 6.12. The Morgan fingerprint density at radius 2 is 1.89 bits per heavy atom. The van der Waals surface area contributed by atoms with Crippen LogP contribution < -0.4 is 9.62 Å². The van der Waals surface area contributed by atoms with E-state index in [9.17, 15) is 23.3 Å². The summed E-state index contributed by atoms with van der Waals surface area (Å²) >= 11 is 0. The van der Waals surface area contributed by atoms with Gasteiger partial charge < -0.3 is 5.32 Å². The van der Waals surface area contributed by atoms with Gasteiger partial charge in [-0.05, 0) is 37.1 Å². The topological polar surface area (TPSA) is 110 Å². The molecule has 27 heavy (non-hydrogen) atoms. The van der Waals surface area contributed by atoms with Crippen molar-refractivity contribution >= 4 is 33.0 Å². The fourth-order valence-electron chi connectivity index (χ4n) is 2.75. The third-order valence-electron chi connectivity index (χ3n) is 3.91. The van der Waals surface area contributed by atoms with E-state index < -0.39 is 26.9 Å². The fourth-order valence-corrected chi connectivity index (χ4v) is 3.95. The first-order valence-corrected chi connectivity index (χ1v) is 10.1. The largest absolute Gasteiger partial charge is 0.324 e. The van der Waals surface area contributed by atoms with Gasteiger partial charge in [0.25, 0.3) is 5.69 Å². The van der Waals surface area contributed by atoms with Gasteiger partial charge >= 0.3 is 0 Å². The van der Waals surface area contributed by atoms with Gasteiger partial charge in [-0.1, -0.05) is 25.1 Å². The van der Waals surface area contributed by atoms with Crippen LogP contribution in [-0.2, 0) is 14.8 Å². The smallest absolute Gasteiger partial charge is 0.271 e. The number of hydrogen-bond acceptors (Lipinski definition) is 5. The highest BCUT2D eigenvalue weighted by atomic mass is 32.2. The van der Waals surface area contributed by atoms with Gasteiger partial charge in [0.15, 0.2) is 0 Å². The number of benzene rings is 2. The summed E-state index contributed by atoms with van der Waals surface area (Å²) in [6.45, 7) is 3.53. The van der Waals surface area contributed by atoms with Gasteiger partial charge in [-0.15, -0.1) is 0 Å². The first-order chi connectivity index (χ1) is 12.6. The van der Waals surface area contributed by atoms with Crippen LogP contribution >= 0.6 is 0 Å². The molecule has 0 aromatic heterocycles. The zero-order chi connectivity index (χ0) is 20.2. The summed E-state index contributed by atoms with van der Waals surface area (Å²) in [5.41, 5.74) is 1.30. The van der Waals surface area contributed by atoms with E-state index in [1.807, 2.05) is 13.0 Å². The van der Waals surface area contributed by atoms with Gasteiger partial charge in [-0.2, -0.15) is 0 Å². The normalized spacial score (nSPS) is 12.3. The Bertz CT molecular complexity index is 959. The Kier molecular flexibility index (Phi) is 6.17. The van der Waals surface area contributed by atoms with E-state index >= 15 is 0 Å². The average molecular weight is 391 g/mol. The molecule has 2 aromatic carbocycles. The Morgan fingerprint density at radius 3 is 2.44 bits per heavy atom. The van der Waals surface area contributed by atoms with Crippen molar-refractivity contribution in [2.24, 2.45) is 0 Å². The lowest BCUT2D eigenvalue weighted by molar-refractivity contribution is -0.384. The van der Waals surface area contributed by atoms with Crippen LogP contribution in [0.15, 0.2) is 48.5 Å². The Balaban J connectivity index is 2.38. The molecule has 0 saturated heterocycles. The molecule has 1 atom stereocenters. The number of aryl methyl sites for hydroxylation is 1. The predicted molar refractivity (Wildman–Crippen MR) is 104 cm³/mol. The summed E-state index contributed by atoms with van der Waals surface area (Å²) in [4.78, 5) is 23.1. The van der Waals surface area contributed by atoms with Crippen molar-refractivity contribution in [3.05, 3.63) is 64.2 Å². The SMILES string of the molecule is CC[C@@H](C(=O)Nc1cccc([N+](=O)[O-])c1)N(c1cccc(C)c1)S(C)(=O)=O. The van der Waals surface area contributed by atoms with Gasteiger partial charge in [0.05, 0.1) is 16.9 Å². The molecule has 144 valence electrons. The van der Waals surface area contributed by atoms with E-state index in [-0.39, 0.29) is 17.8 Å². The third-order valence-corrected chi connectivity index (χ3v) is 5.09. The summed E-state index contributed by atoms with van der Waals surface area (Å²) in [6.07, 6.45) is 1.26. The van der Waals surface area contributed by atoms with Gasteiger partial charge in [-0.3, -0.25) is 19.2 Å². The Morgan fingerprint density at radius 1 is 1.22 bits per heavy atom. The van der Waals surface area contributed by atoms with Crippen LogP contribution in [0, 0.1) is 17.0 Å². The minimum Gasteiger partial charge on any atom is -0.324 e. The highest BCUT2D eigenvalue weighted by molar-refractivity contribution is 7.92. The summed E-state index contributed by atoms with van der Waals surface area (Å²) < 4.78 is 25.9. The molecule has 0 aliphatic carbocycles. The summed E-state index contributed by atoms with van der Waals surface area (Å²) in [5, 5.41) is 13.5. The van der Waals surface area contributed by atoms with E-state index in [1.54, 1.807) is 25.1 Å². The third kappa shape index (κ3) is 5.04. The lowest BCUT2D eigenvalue weighted by atomic mass is 10.1. The molecule has 0 aliphatic heterocycles. The van der Waals surface area contributed by atoms with Crippen molar-refractivity contribution in [1.29, 1.82) is 0 Å². The summed E-state index contributed by atoms with van der Waals surface area (Å²) in [7, 11) is -3.74. The molecule has 2 aromatic rings. The zero-order valence-corrected chi connectivity index (χ0v) is 16.1. The number of non-ortho nitro benzene ring substituents is 1. The molecule has 0 spiro atoms. The molecule has 1 N–H and O–H groups in total. The molecular weight excluding hydrogens is 370 g/mol. The molecule has 0 bridgehead atoms. The molecule has 0 aliphatic rings. The number of nitrogens with one attached hydrogen (secondary N) is 1. The number of carbonyl (C=O) groups excluding carboxylic acids is 1. The lowest BCUT2D eigenvalue weighted by Crippen LogP contribution is -2.47. The molecule has 0 unspecified atom stereocenters. The lowest BCUT2D eigenvalue weighted by Gasteiger charge is -2.30. The van der Waals surface area contributed by atoms with Crippen LogP contribution in [0.4, 0.5) is 17.1 Å². The number of nitro groups is 1. The zero-order valence-electron chi connectivity index (χ0n) is 15.2. The van der Waals surface area contributed by atoms with Crippen LogP contribution in [0.25, 0.3) is 0 Å². The van der Waals surface area contributed by atoms with Crippen LogP contribution in [-0.4, -0.2) is 31.5 Å². The number of sulfonamides is 1. The minimum absolute atomic E-state index is 0.167. The molecule has 2 rings (SSSR count). The second kappa shape index (κ2) is 8.17. The number of nitrogens with zero attached hydrogens (tertiary/aromatic N) is 2. The van der Waals surface area contributed by atoms with Crippen molar-refractivity contribution in [3.8, 4) is 0 Å². The molecule has 0 fully saturated rings. The Labute approximate surface area is 158 Å². The van der Waals surface area contributed by atoms with Crippen LogP contribution in [0.3, 0.4) is 0 Å². The first-order valence-electron chi connectivity index (χ1n) is 8.25. The van der Waals surface area contributed by atoms with E-state index in [4.69, 9.17) is 0 Å². The number of nitro benzene ring substituents is 1. The quantitative estimate of drug-likeness (QED) is 0.576. The Hall–Kier alpha value is -2.94. The molecule has 1 amide bonds. The number of rotatable bonds is 7. The van der Waals surface area contributed by atoms with Gasteiger partial charge in [-0.25, -0.2) is 8.42 Å². The molecular formula is C18H21N3O5S. The van der Waals surface area contributed by atoms with Crippen LogP contribution in [0.1, 0.15) is 18.9 Å². The van der Waals surface area contributed by atoms with Crippen LogP contribution in [0.2, 0.25) is 0 Å². The van der Waals surface area contributed by atoms with Crippen molar-refractivity contribution < 1.29 is 18.1 Å². The number of amides is 1. The number of anilines is 2. The van der Waals surface area contributed by atoms with Crippen molar-refractivity contribution in [3.63, 3.8) is 0 Å². The molecule has 9 heteroatoms. The van der Waals surface area contributed by atoms with Gasteiger partial charge in [0, 0.05) is 17.8 Å². The molecule has 0 saturated carbocycles. The van der Waals surface area contributed by atoms with E-state index in [1.165, 1.54) is 24.3 Å². The fraction of sp³-hybridized carbons (Fsp3) is 0.278. The summed E-state index contributed by atoms with van der Waals surface area (Å²) in [5.74, 6) is -0.565. The molecule has 0 heterocycles. The maximum absolute atomic E-state index is 12.8.